The van der Waals surface area contributed by atoms with Crippen molar-refractivity contribution >= 4 is 0 Å². The number of nitriles is 1. The van der Waals surface area contributed by atoms with Crippen LogP contribution in [0, 0.1) is 17.2 Å². The molecule has 0 bridgehead atoms. The molecule has 4 heteroatoms. The van der Waals surface area contributed by atoms with E-state index in [1.807, 2.05) is 24.3 Å². The highest BCUT2D eigenvalue weighted by atomic mass is 16.5. The van der Waals surface area contributed by atoms with E-state index in [9.17, 15) is 0 Å². The van der Waals surface area contributed by atoms with Gasteiger partial charge in [-0.25, -0.2) is 4.98 Å². The van der Waals surface area contributed by atoms with Gasteiger partial charge in [-0.2, -0.15) is 5.26 Å². The lowest BCUT2D eigenvalue weighted by molar-refractivity contribution is 0.144. The largest absolute Gasteiger partial charge is 0.485 e. The maximum atomic E-state index is 8.95. The molecule has 0 amide bonds. The maximum absolute atomic E-state index is 8.95. The summed E-state index contributed by atoms with van der Waals surface area (Å²) in [5, 5.41) is 12.3. The van der Waals surface area contributed by atoms with Gasteiger partial charge in [-0.15, -0.1) is 0 Å². The summed E-state index contributed by atoms with van der Waals surface area (Å²) in [5.74, 6) is 1.13. The number of nitrogens with zero attached hydrogens (tertiary/aromatic N) is 2. The van der Waals surface area contributed by atoms with Gasteiger partial charge in [0.1, 0.15) is 23.6 Å². The molecule has 2 aromatic rings. The van der Waals surface area contributed by atoms with Crippen LogP contribution in [0.4, 0.5) is 0 Å². The van der Waals surface area contributed by atoms with Crippen LogP contribution < -0.4 is 10.1 Å². The standard InChI is InChI=1S/C17H17N3O/c18-11-15-10-16(7-9-20-15)21-17(14-6-8-19-12-14)13-4-2-1-3-5-13/h1-5,7,9-10,14,17,19H,6,8,12H2/t14?,17-/m1/s1. The topological polar surface area (TPSA) is 57.9 Å². The Kier molecular flexibility index (Phi) is 4.13. The Morgan fingerprint density at radius 3 is 2.86 bits per heavy atom. The van der Waals surface area contributed by atoms with Crippen molar-refractivity contribution in [2.24, 2.45) is 5.92 Å². The van der Waals surface area contributed by atoms with Crippen molar-refractivity contribution in [3.63, 3.8) is 0 Å². The molecule has 0 spiro atoms. The summed E-state index contributed by atoms with van der Waals surface area (Å²) in [7, 11) is 0. The Hall–Kier alpha value is -2.38. The van der Waals surface area contributed by atoms with E-state index in [0.717, 1.165) is 19.5 Å². The van der Waals surface area contributed by atoms with Crippen LogP contribution in [-0.2, 0) is 0 Å². The molecular formula is C17H17N3O. The molecule has 1 unspecified atom stereocenters. The fraction of sp³-hybridized carbons (Fsp3) is 0.294. The molecule has 2 heterocycles. The molecule has 1 aromatic heterocycles. The molecule has 1 aliphatic heterocycles. The van der Waals surface area contributed by atoms with Crippen LogP contribution in [0.5, 0.6) is 5.75 Å². The molecule has 2 atom stereocenters. The van der Waals surface area contributed by atoms with Crippen molar-refractivity contribution in [2.45, 2.75) is 12.5 Å². The number of aromatic nitrogens is 1. The van der Waals surface area contributed by atoms with Gasteiger partial charge in [-0.3, -0.25) is 0 Å². The molecule has 3 rings (SSSR count). The highest BCUT2D eigenvalue weighted by Crippen LogP contribution is 2.31. The number of nitrogens with one attached hydrogen (secondary N) is 1. The second-order valence-electron chi connectivity index (χ2n) is 5.19. The zero-order valence-electron chi connectivity index (χ0n) is 11.7. The normalized spacial score (nSPS) is 18.9. The minimum absolute atomic E-state index is 0.00450. The number of rotatable bonds is 4. The molecule has 106 valence electrons. The zero-order valence-corrected chi connectivity index (χ0v) is 11.7. The Morgan fingerprint density at radius 1 is 1.29 bits per heavy atom. The summed E-state index contributed by atoms with van der Waals surface area (Å²) in [5.41, 5.74) is 1.55. The first-order valence-electron chi connectivity index (χ1n) is 7.15. The molecule has 0 radical (unpaired) electrons. The van der Waals surface area contributed by atoms with Crippen LogP contribution in [0.15, 0.2) is 48.7 Å². The fourth-order valence-corrected chi connectivity index (χ4v) is 2.71. The van der Waals surface area contributed by atoms with E-state index in [1.54, 1.807) is 18.3 Å². The summed E-state index contributed by atoms with van der Waals surface area (Å²) >= 11 is 0. The molecular weight excluding hydrogens is 262 g/mol. The minimum atomic E-state index is -0.00450. The van der Waals surface area contributed by atoms with Gasteiger partial charge in [0.05, 0.1) is 0 Å². The van der Waals surface area contributed by atoms with Gasteiger partial charge in [0.25, 0.3) is 0 Å². The monoisotopic (exact) mass is 279 g/mol. The SMILES string of the molecule is N#Cc1cc(O[C@H](c2ccccc2)C2CCNC2)ccn1. The van der Waals surface area contributed by atoms with Crippen LogP contribution in [0.2, 0.25) is 0 Å². The van der Waals surface area contributed by atoms with Crippen molar-refractivity contribution in [1.29, 1.82) is 5.26 Å². The van der Waals surface area contributed by atoms with Gasteiger partial charge in [0.15, 0.2) is 0 Å². The van der Waals surface area contributed by atoms with E-state index in [1.165, 1.54) is 5.56 Å². The van der Waals surface area contributed by atoms with Crippen molar-refractivity contribution in [3.05, 3.63) is 59.9 Å². The Morgan fingerprint density at radius 2 is 2.14 bits per heavy atom. The summed E-state index contributed by atoms with van der Waals surface area (Å²) < 4.78 is 6.20. The summed E-state index contributed by atoms with van der Waals surface area (Å²) in [6.45, 7) is 1.98. The summed E-state index contributed by atoms with van der Waals surface area (Å²) in [4.78, 5) is 3.98. The van der Waals surface area contributed by atoms with Gasteiger partial charge < -0.3 is 10.1 Å². The van der Waals surface area contributed by atoms with Crippen LogP contribution in [-0.4, -0.2) is 18.1 Å². The molecule has 21 heavy (non-hydrogen) atoms. The van der Waals surface area contributed by atoms with Gasteiger partial charge in [-0.05, 0) is 24.6 Å². The van der Waals surface area contributed by atoms with Gasteiger partial charge >= 0.3 is 0 Å². The Balaban J connectivity index is 1.87. The van der Waals surface area contributed by atoms with Crippen molar-refractivity contribution in [2.75, 3.05) is 13.1 Å². The van der Waals surface area contributed by atoms with E-state index >= 15 is 0 Å². The van der Waals surface area contributed by atoms with E-state index in [4.69, 9.17) is 10.00 Å². The predicted molar refractivity (Wildman–Crippen MR) is 79.7 cm³/mol. The third-order valence-corrected chi connectivity index (χ3v) is 3.76. The van der Waals surface area contributed by atoms with E-state index in [-0.39, 0.29) is 6.10 Å². The number of hydrogen-bond acceptors (Lipinski definition) is 4. The van der Waals surface area contributed by atoms with Gasteiger partial charge in [0.2, 0.25) is 0 Å². The molecule has 0 saturated carbocycles. The molecule has 1 saturated heterocycles. The number of pyridine rings is 1. The molecule has 1 fully saturated rings. The highest BCUT2D eigenvalue weighted by Gasteiger charge is 2.28. The first-order chi connectivity index (χ1) is 10.4. The van der Waals surface area contributed by atoms with Crippen LogP contribution >= 0.6 is 0 Å². The molecule has 0 aliphatic carbocycles. The van der Waals surface area contributed by atoms with E-state index < -0.39 is 0 Å². The van der Waals surface area contributed by atoms with Gasteiger partial charge in [-0.1, -0.05) is 30.3 Å². The second kappa shape index (κ2) is 6.38. The Labute approximate surface area is 124 Å². The average molecular weight is 279 g/mol. The first-order valence-corrected chi connectivity index (χ1v) is 7.15. The Bertz CT molecular complexity index is 630. The molecule has 1 aliphatic rings. The fourth-order valence-electron chi connectivity index (χ4n) is 2.71. The number of benzene rings is 1. The van der Waals surface area contributed by atoms with Crippen LogP contribution in [0.25, 0.3) is 0 Å². The zero-order chi connectivity index (χ0) is 14.5. The molecule has 1 aromatic carbocycles. The lowest BCUT2D eigenvalue weighted by Crippen LogP contribution is -2.21. The van der Waals surface area contributed by atoms with E-state index in [0.29, 0.717) is 17.4 Å². The predicted octanol–water partition coefficient (Wildman–Crippen LogP) is 2.68. The smallest absolute Gasteiger partial charge is 0.144 e. The van der Waals surface area contributed by atoms with Crippen molar-refractivity contribution in [3.8, 4) is 11.8 Å². The van der Waals surface area contributed by atoms with Crippen LogP contribution in [0.3, 0.4) is 0 Å². The maximum Gasteiger partial charge on any atom is 0.144 e. The van der Waals surface area contributed by atoms with E-state index in [2.05, 4.69) is 22.4 Å². The van der Waals surface area contributed by atoms with Gasteiger partial charge in [0, 0.05) is 24.7 Å². The van der Waals surface area contributed by atoms with Crippen LogP contribution in [0.1, 0.15) is 23.8 Å². The second-order valence-corrected chi connectivity index (χ2v) is 5.19. The third-order valence-electron chi connectivity index (χ3n) is 3.76. The van der Waals surface area contributed by atoms with Crippen molar-refractivity contribution < 1.29 is 4.74 Å². The molecule has 4 nitrogen and oxygen atoms in total. The van der Waals surface area contributed by atoms with Crippen molar-refractivity contribution in [1.82, 2.24) is 10.3 Å². The first kappa shape index (κ1) is 13.6. The number of hydrogen-bond donors (Lipinski definition) is 1. The highest BCUT2D eigenvalue weighted by molar-refractivity contribution is 5.31. The summed E-state index contributed by atoms with van der Waals surface area (Å²) in [6, 6.07) is 15.8. The lowest BCUT2D eigenvalue weighted by atomic mass is 9.95. The summed E-state index contributed by atoms with van der Waals surface area (Å²) in [6.07, 6.45) is 2.70. The third kappa shape index (κ3) is 3.21. The average Bonchev–Trinajstić information content (AvgIpc) is 3.08. The number of ether oxygens (including phenoxy) is 1. The lowest BCUT2D eigenvalue weighted by Gasteiger charge is -2.24. The minimum Gasteiger partial charge on any atom is -0.485 e. The quantitative estimate of drug-likeness (QED) is 0.934. The molecule has 1 N–H and O–H groups in total.